The number of rotatable bonds is 4. The van der Waals surface area contributed by atoms with E-state index in [0.717, 1.165) is 5.56 Å². The molecule has 1 aliphatic rings. The molecule has 0 bridgehead atoms. The van der Waals surface area contributed by atoms with Gasteiger partial charge in [-0.1, -0.05) is 18.2 Å². The van der Waals surface area contributed by atoms with Gasteiger partial charge in [-0.15, -0.1) is 0 Å². The first-order chi connectivity index (χ1) is 9.54. The first kappa shape index (κ1) is 14.3. The van der Waals surface area contributed by atoms with Gasteiger partial charge < -0.3 is 20.3 Å². The number of hydrogen-bond donors (Lipinski definition) is 1. The van der Waals surface area contributed by atoms with Gasteiger partial charge in [0.15, 0.2) is 0 Å². The van der Waals surface area contributed by atoms with Gasteiger partial charge in [0.2, 0.25) is 0 Å². The Morgan fingerprint density at radius 3 is 2.65 bits per heavy atom. The summed E-state index contributed by atoms with van der Waals surface area (Å²) in [5.74, 6) is -0.291. The van der Waals surface area contributed by atoms with Crippen molar-refractivity contribution in [2.45, 2.75) is 6.04 Å². The number of methoxy groups -OCH3 is 1. The molecule has 1 heterocycles. The molecule has 0 aromatic heterocycles. The topological polar surface area (TPSA) is 75.9 Å². The maximum atomic E-state index is 11.9. The van der Waals surface area contributed by atoms with E-state index in [2.05, 4.69) is 0 Å². The number of carbonyl (C=O) groups is 2. The second-order valence-electron chi connectivity index (χ2n) is 4.83. The predicted molar refractivity (Wildman–Crippen MR) is 74.1 cm³/mol. The minimum absolute atomic E-state index is 0.304. The van der Waals surface area contributed by atoms with Crippen molar-refractivity contribution in [1.82, 2.24) is 9.80 Å². The molecule has 1 fully saturated rings. The molecule has 1 aromatic carbocycles. The number of likely N-dealkylation sites (N-methyl/N-ethyl adjacent to an activating group) is 1. The maximum Gasteiger partial charge on any atom is 0.312 e. The molecular formula is C14H19N3O3. The summed E-state index contributed by atoms with van der Waals surface area (Å²) < 4.78 is 5.26. The van der Waals surface area contributed by atoms with Gasteiger partial charge in [-0.3, -0.25) is 9.59 Å². The maximum absolute atomic E-state index is 11.9. The SMILES string of the molecule is COc1ccccc1C(N)CN1CCN(C)C(=O)C1=O. The molecule has 20 heavy (non-hydrogen) atoms. The van der Waals surface area contributed by atoms with Crippen LogP contribution in [0.4, 0.5) is 0 Å². The molecule has 1 aliphatic heterocycles. The molecule has 1 atom stereocenters. The third kappa shape index (κ3) is 2.75. The Kier molecular flexibility index (Phi) is 4.24. The Morgan fingerprint density at radius 1 is 1.25 bits per heavy atom. The molecular weight excluding hydrogens is 258 g/mol. The lowest BCUT2D eigenvalue weighted by Gasteiger charge is -2.33. The molecule has 0 radical (unpaired) electrons. The first-order valence-corrected chi connectivity index (χ1v) is 6.47. The molecule has 6 nitrogen and oxygen atoms in total. The second kappa shape index (κ2) is 5.92. The van der Waals surface area contributed by atoms with Crippen LogP contribution in [0.1, 0.15) is 11.6 Å². The van der Waals surface area contributed by atoms with Crippen molar-refractivity contribution in [3.63, 3.8) is 0 Å². The number of benzene rings is 1. The van der Waals surface area contributed by atoms with Gasteiger partial charge in [0.1, 0.15) is 5.75 Å². The van der Waals surface area contributed by atoms with Crippen LogP contribution in [0.3, 0.4) is 0 Å². The summed E-state index contributed by atoms with van der Waals surface area (Å²) >= 11 is 0. The zero-order chi connectivity index (χ0) is 14.7. The fourth-order valence-corrected chi connectivity index (χ4v) is 2.26. The Hall–Kier alpha value is -2.08. The van der Waals surface area contributed by atoms with Crippen LogP contribution in [0.25, 0.3) is 0 Å². The average Bonchev–Trinajstić information content (AvgIpc) is 2.47. The lowest BCUT2D eigenvalue weighted by Crippen LogP contribution is -2.54. The average molecular weight is 277 g/mol. The van der Waals surface area contributed by atoms with Gasteiger partial charge in [-0.05, 0) is 6.07 Å². The molecule has 2 N–H and O–H groups in total. The normalized spacial score (nSPS) is 17.4. The predicted octanol–water partition coefficient (Wildman–Crippen LogP) is -0.00440. The van der Waals surface area contributed by atoms with E-state index >= 15 is 0 Å². The second-order valence-corrected chi connectivity index (χ2v) is 4.83. The van der Waals surface area contributed by atoms with E-state index in [-0.39, 0.29) is 6.04 Å². The molecule has 6 heteroatoms. The van der Waals surface area contributed by atoms with E-state index in [1.165, 1.54) is 9.80 Å². The Labute approximate surface area is 118 Å². The molecule has 0 saturated carbocycles. The minimum atomic E-state index is -0.496. The van der Waals surface area contributed by atoms with Crippen molar-refractivity contribution in [1.29, 1.82) is 0 Å². The van der Waals surface area contributed by atoms with E-state index in [9.17, 15) is 9.59 Å². The highest BCUT2D eigenvalue weighted by Gasteiger charge is 2.31. The summed E-state index contributed by atoms with van der Waals surface area (Å²) in [5, 5.41) is 0. The zero-order valence-electron chi connectivity index (χ0n) is 11.7. The number of carbonyl (C=O) groups excluding carboxylic acids is 2. The quantitative estimate of drug-likeness (QED) is 0.786. The van der Waals surface area contributed by atoms with Crippen LogP contribution >= 0.6 is 0 Å². The summed E-state index contributed by atoms with van der Waals surface area (Å²) in [7, 11) is 3.20. The number of para-hydroxylation sites is 1. The van der Waals surface area contributed by atoms with Crippen molar-refractivity contribution in [3.8, 4) is 5.75 Å². The lowest BCUT2D eigenvalue weighted by molar-refractivity contribution is -0.155. The van der Waals surface area contributed by atoms with Crippen molar-refractivity contribution >= 4 is 11.8 Å². The zero-order valence-corrected chi connectivity index (χ0v) is 11.7. The summed E-state index contributed by atoms with van der Waals surface area (Å²) in [5.41, 5.74) is 6.97. The van der Waals surface area contributed by atoms with Gasteiger partial charge in [0, 0.05) is 32.2 Å². The van der Waals surface area contributed by atoms with Crippen LogP contribution in [0, 0.1) is 0 Å². The summed E-state index contributed by atoms with van der Waals surface area (Å²) in [6, 6.07) is 7.04. The fourth-order valence-electron chi connectivity index (χ4n) is 2.26. The highest BCUT2D eigenvalue weighted by molar-refractivity contribution is 6.35. The summed E-state index contributed by atoms with van der Waals surface area (Å²) in [6.07, 6.45) is 0. The first-order valence-electron chi connectivity index (χ1n) is 6.47. The molecule has 1 saturated heterocycles. The van der Waals surface area contributed by atoms with E-state index < -0.39 is 11.8 Å². The van der Waals surface area contributed by atoms with Crippen molar-refractivity contribution in [2.75, 3.05) is 33.8 Å². The van der Waals surface area contributed by atoms with Gasteiger partial charge in [0.25, 0.3) is 0 Å². The molecule has 0 aliphatic carbocycles. The Bertz CT molecular complexity index is 518. The van der Waals surface area contributed by atoms with Crippen LogP contribution in [-0.4, -0.2) is 55.4 Å². The molecule has 1 aromatic rings. The van der Waals surface area contributed by atoms with Crippen LogP contribution in [0.2, 0.25) is 0 Å². The molecule has 2 rings (SSSR count). The van der Waals surface area contributed by atoms with Crippen LogP contribution in [-0.2, 0) is 9.59 Å². The third-order valence-corrected chi connectivity index (χ3v) is 3.48. The summed E-state index contributed by atoms with van der Waals surface area (Å²) in [6.45, 7) is 1.34. The van der Waals surface area contributed by atoms with E-state index in [4.69, 9.17) is 10.5 Å². The van der Waals surface area contributed by atoms with Crippen molar-refractivity contribution in [2.24, 2.45) is 5.73 Å². The number of nitrogens with zero attached hydrogens (tertiary/aromatic N) is 2. The van der Waals surface area contributed by atoms with Gasteiger partial charge >= 0.3 is 11.8 Å². The molecule has 1 unspecified atom stereocenters. The van der Waals surface area contributed by atoms with Gasteiger partial charge in [-0.25, -0.2) is 0 Å². The van der Waals surface area contributed by atoms with E-state index in [0.29, 0.717) is 25.4 Å². The van der Waals surface area contributed by atoms with Crippen LogP contribution in [0.5, 0.6) is 5.75 Å². The number of piperazine rings is 1. The number of hydrogen-bond acceptors (Lipinski definition) is 4. The third-order valence-electron chi connectivity index (χ3n) is 3.48. The smallest absolute Gasteiger partial charge is 0.312 e. The van der Waals surface area contributed by atoms with E-state index in [1.807, 2.05) is 24.3 Å². The van der Waals surface area contributed by atoms with Crippen molar-refractivity contribution in [3.05, 3.63) is 29.8 Å². The molecule has 2 amide bonds. The Balaban J connectivity index is 2.10. The highest BCUT2D eigenvalue weighted by atomic mass is 16.5. The van der Waals surface area contributed by atoms with Crippen LogP contribution in [0.15, 0.2) is 24.3 Å². The number of ether oxygens (including phenoxy) is 1. The number of nitrogens with two attached hydrogens (primary N) is 1. The largest absolute Gasteiger partial charge is 0.496 e. The van der Waals surface area contributed by atoms with Crippen LogP contribution < -0.4 is 10.5 Å². The minimum Gasteiger partial charge on any atom is -0.496 e. The van der Waals surface area contributed by atoms with Gasteiger partial charge in [0.05, 0.1) is 13.2 Å². The summed E-state index contributed by atoms with van der Waals surface area (Å²) in [4.78, 5) is 26.5. The monoisotopic (exact) mass is 277 g/mol. The fraction of sp³-hybridized carbons (Fsp3) is 0.429. The molecule has 0 spiro atoms. The lowest BCUT2D eigenvalue weighted by atomic mass is 10.1. The number of amides is 2. The van der Waals surface area contributed by atoms with Crippen molar-refractivity contribution < 1.29 is 14.3 Å². The standard InChI is InChI=1S/C14H19N3O3/c1-16-7-8-17(14(19)13(16)18)9-11(15)10-5-3-4-6-12(10)20-2/h3-6,11H,7-9,15H2,1-2H3. The van der Waals surface area contributed by atoms with E-state index in [1.54, 1.807) is 14.2 Å². The Morgan fingerprint density at radius 2 is 1.95 bits per heavy atom. The van der Waals surface area contributed by atoms with Gasteiger partial charge in [-0.2, -0.15) is 0 Å². The highest BCUT2D eigenvalue weighted by Crippen LogP contribution is 2.24. The molecule has 108 valence electrons.